The Morgan fingerprint density at radius 1 is 1.13 bits per heavy atom. The van der Waals surface area contributed by atoms with Crippen molar-refractivity contribution < 1.29 is 4.79 Å². The number of carbonyl (C=O) groups excluding carboxylic acids is 1. The molecule has 2 aliphatic rings. The van der Waals surface area contributed by atoms with E-state index in [9.17, 15) is 4.79 Å². The van der Waals surface area contributed by atoms with Crippen molar-refractivity contribution in [3.05, 3.63) is 63.8 Å². The minimum absolute atomic E-state index is 0.0156. The van der Waals surface area contributed by atoms with Crippen molar-refractivity contribution in [1.82, 2.24) is 10.3 Å². The van der Waals surface area contributed by atoms with Crippen molar-refractivity contribution in [3.63, 3.8) is 0 Å². The van der Waals surface area contributed by atoms with E-state index in [0.29, 0.717) is 0 Å². The van der Waals surface area contributed by atoms with E-state index in [1.165, 1.54) is 10.9 Å². The molecule has 23 heavy (non-hydrogen) atoms. The van der Waals surface area contributed by atoms with Gasteiger partial charge in [-0.05, 0) is 36.2 Å². The lowest BCUT2D eigenvalue weighted by atomic mass is 9.82. The van der Waals surface area contributed by atoms with Crippen LogP contribution in [0, 0.1) is 0 Å². The molecule has 0 bridgehead atoms. The summed E-state index contributed by atoms with van der Waals surface area (Å²) in [6.45, 7) is 0.772. The van der Waals surface area contributed by atoms with E-state index in [4.69, 9.17) is 0 Å². The van der Waals surface area contributed by atoms with Gasteiger partial charge in [0.1, 0.15) is 0 Å². The number of hydrogen-bond donors (Lipinski definition) is 3. The highest BCUT2D eigenvalue weighted by Gasteiger charge is 2.52. The number of fused-ring (bicyclic) bond motifs is 6. The van der Waals surface area contributed by atoms with Gasteiger partial charge in [-0.1, -0.05) is 34.1 Å². The molecular formula is C18H14BrN3O. The molecule has 5 heteroatoms. The van der Waals surface area contributed by atoms with Gasteiger partial charge in [-0.3, -0.25) is 10.1 Å². The summed E-state index contributed by atoms with van der Waals surface area (Å²) in [5.74, 6) is -0.0156. The first kappa shape index (κ1) is 13.3. The topological polar surface area (TPSA) is 56.9 Å². The second kappa shape index (κ2) is 4.46. The van der Waals surface area contributed by atoms with Crippen LogP contribution in [0.4, 0.5) is 5.69 Å². The number of aromatic nitrogens is 1. The molecule has 1 amide bonds. The van der Waals surface area contributed by atoms with Crippen LogP contribution in [0.5, 0.6) is 0 Å². The predicted octanol–water partition coefficient (Wildman–Crippen LogP) is 3.27. The van der Waals surface area contributed by atoms with Crippen molar-refractivity contribution in [2.75, 3.05) is 11.9 Å². The first-order valence-electron chi connectivity index (χ1n) is 7.67. The fourth-order valence-electron chi connectivity index (χ4n) is 3.94. The van der Waals surface area contributed by atoms with Gasteiger partial charge in [0.05, 0.1) is 5.69 Å². The third-order valence-corrected chi connectivity index (χ3v) is 5.42. The van der Waals surface area contributed by atoms with E-state index in [0.717, 1.165) is 39.9 Å². The number of halogens is 1. The Morgan fingerprint density at radius 2 is 2.00 bits per heavy atom. The minimum Gasteiger partial charge on any atom is -0.356 e. The van der Waals surface area contributed by atoms with Crippen LogP contribution in [0.2, 0.25) is 0 Å². The Balaban J connectivity index is 1.87. The van der Waals surface area contributed by atoms with Gasteiger partial charge in [0.25, 0.3) is 5.91 Å². The smallest absolute Gasteiger partial charge is 0.255 e. The van der Waals surface area contributed by atoms with Crippen LogP contribution in [-0.2, 0) is 16.8 Å². The summed E-state index contributed by atoms with van der Waals surface area (Å²) in [6.07, 6.45) is 0.914. The Hall–Kier alpha value is -2.11. The van der Waals surface area contributed by atoms with E-state index < -0.39 is 5.54 Å². The molecule has 0 saturated heterocycles. The molecule has 3 N–H and O–H groups in total. The average molecular weight is 368 g/mol. The number of carbonyl (C=O) groups is 1. The SMILES string of the molecule is O=C1Nc2ccc(Br)cc2[C@@]12NCCc1c2[nH]c2ccccc12. The fourth-order valence-corrected chi connectivity index (χ4v) is 4.30. The molecule has 3 aromatic rings. The van der Waals surface area contributed by atoms with E-state index in [-0.39, 0.29) is 5.91 Å². The summed E-state index contributed by atoms with van der Waals surface area (Å²) >= 11 is 3.53. The molecule has 1 aromatic heterocycles. The van der Waals surface area contributed by atoms with Crippen LogP contribution in [-0.4, -0.2) is 17.4 Å². The van der Waals surface area contributed by atoms with Crippen LogP contribution in [0.25, 0.3) is 10.9 Å². The number of benzene rings is 2. The lowest BCUT2D eigenvalue weighted by Crippen LogP contribution is -2.53. The molecule has 2 aromatic carbocycles. The number of para-hydroxylation sites is 1. The number of H-pyrrole nitrogens is 1. The summed E-state index contributed by atoms with van der Waals surface area (Å²) in [4.78, 5) is 16.5. The molecule has 3 heterocycles. The van der Waals surface area contributed by atoms with Gasteiger partial charge in [-0.15, -0.1) is 0 Å². The average Bonchev–Trinajstić information content (AvgIpc) is 3.06. The Kier molecular flexibility index (Phi) is 2.59. The number of hydrogen-bond acceptors (Lipinski definition) is 2. The summed E-state index contributed by atoms with van der Waals surface area (Å²) in [6, 6.07) is 14.2. The van der Waals surface area contributed by atoms with Crippen molar-refractivity contribution in [2.45, 2.75) is 12.0 Å². The Morgan fingerprint density at radius 3 is 2.91 bits per heavy atom. The van der Waals surface area contributed by atoms with Gasteiger partial charge in [0.2, 0.25) is 0 Å². The lowest BCUT2D eigenvalue weighted by Gasteiger charge is -2.33. The zero-order valence-electron chi connectivity index (χ0n) is 12.2. The first-order chi connectivity index (χ1) is 11.2. The molecule has 1 atom stereocenters. The largest absolute Gasteiger partial charge is 0.356 e. The van der Waals surface area contributed by atoms with Crippen molar-refractivity contribution in [1.29, 1.82) is 0 Å². The third-order valence-electron chi connectivity index (χ3n) is 4.93. The predicted molar refractivity (Wildman–Crippen MR) is 93.6 cm³/mol. The summed E-state index contributed by atoms with van der Waals surface area (Å²) < 4.78 is 0.970. The standard InChI is InChI=1S/C18H14BrN3O/c19-10-5-6-15-13(9-10)18(17(23)22-15)16-12(7-8-20-18)11-3-1-2-4-14(11)21-16/h1-6,9,20-21H,7-8H2,(H,22,23)/t18-/m0/s1. The number of nitrogens with one attached hydrogen (secondary N) is 3. The molecule has 5 rings (SSSR count). The number of rotatable bonds is 0. The first-order valence-corrected chi connectivity index (χ1v) is 8.46. The van der Waals surface area contributed by atoms with Crippen molar-refractivity contribution >= 4 is 38.4 Å². The summed E-state index contributed by atoms with van der Waals surface area (Å²) in [5, 5.41) is 7.72. The van der Waals surface area contributed by atoms with Crippen LogP contribution < -0.4 is 10.6 Å². The Labute approximate surface area is 141 Å². The van der Waals surface area contributed by atoms with Crippen LogP contribution in [0.3, 0.4) is 0 Å². The van der Waals surface area contributed by atoms with Gasteiger partial charge in [-0.2, -0.15) is 0 Å². The minimum atomic E-state index is -0.828. The highest BCUT2D eigenvalue weighted by molar-refractivity contribution is 9.10. The highest BCUT2D eigenvalue weighted by atomic mass is 79.9. The maximum Gasteiger partial charge on any atom is 0.255 e. The summed E-state index contributed by atoms with van der Waals surface area (Å²) in [7, 11) is 0. The van der Waals surface area contributed by atoms with Crippen LogP contribution in [0.1, 0.15) is 16.8 Å². The number of amides is 1. The maximum absolute atomic E-state index is 12.9. The van der Waals surface area contributed by atoms with E-state index in [2.05, 4.69) is 43.7 Å². The number of anilines is 1. The molecule has 1 spiro atoms. The Bertz CT molecular complexity index is 978. The molecule has 0 saturated carbocycles. The van der Waals surface area contributed by atoms with Gasteiger partial charge in [0, 0.05) is 33.2 Å². The lowest BCUT2D eigenvalue weighted by molar-refractivity contribution is -0.120. The molecule has 0 radical (unpaired) electrons. The van der Waals surface area contributed by atoms with Crippen LogP contribution in [0.15, 0.2) is 46.9 Å². The van der Waals surface area contributed by atoms with Crippen molar-refractivity contribution in [2.24, 2.45) is 0 Å². The number of aromatic amines is 1. The van der Waals surface area contributed by atoms with Gasteiger partial charge < -0.3 is 10.3 Å². The molecule has 114 valence electrons. The molecule has 2 aliphatic heterocycles. The van der Waals surface area contributed by atoms with Gasteiger partial charge >= 0.3 is 0 Å². The monoisotopic (exact) mass is 367 g/mol. The van der Waals surface area contributed by atoms with E-state index in [1.54, 1.807) is 0 Å². The van der Waals surface area contributed by atoms with E-state index >= 15 is 0 Å². The van der Waals surface area contributed by atoms with E-state index in [1.807, 2.05) is 30.3 Å². The van der Waals surface area contributed by atoms with Crippen molar-refractivity contribution in [3.8, 4) is 0 Å². The molecule has 0 fully saturated rings. The quantitative estimate of drug-likeness (QED) is 0.571. The highest BCUT2D eigenvalue weighted by Crippen LogP contribution is 2.45. The molecule has 0 aliphatic carbocycles. The normalized spacial score (nSPS) is 22.2. The summed E-state index contributed by atoms with van der Waals surface area (Å²) in [5.41, 5.74) is 4.31. The molecular weight excluding hydrogens is 354 g/mol. The zero-order valence-corrected chi connectivity index (χ0v) is 13.8. The van der Waals surface area contributed by atoms with Crippen LogP contribution >= 0.6 is 15.9 Å². The third kappa shape index (κ3) is 1.61. The second-order valence-electron chi connectivity index (χ2n) is 6.09. The second-order valence-corrected chi connectivity index (χ2v) is 7.01. The molecule has 0 unspecified atom stereocenters. The zero-order chi connectivity index (χ0) is 15.6. The van der Waals surface area contributed by atoms with Gasteiger partial charge in [-0.25, -0.2) is 0 Å². The fraction of sp³-hybridized carbons (Fsp3) is 0.167. The van der Waals surface area contributed by atoms with Gasteiger partial charge in [0.15, 0.2) is 5.54 Å². The molecule has 4 nitrogen and oxygen atoms in total. The maximum atomic E-state index is 12.9.